The van der Waals surface area contributed by atoms with E-state index in [1.54, 1.807) is 7.05 Å². The number of hydrogen-bond acceptors (Lipinski definition) is 6. The number of sulfone groups is 1. The first kappa shape index (κ1) is 12.8. The molecule has 0 saturated heterocycles. The van der Waals surface area contributed by atoms with Crippen LogP contribution in [0.5, 0.6) is 0 Å². The lowest BCUT2D eigenvalue weighted by Gasteiger charge is -2.05. The van der Waals surface area contributed by atoms with Crippen molar-refractivity contribution in [1.29, 1.82) is 0 Å². The summed E-state index contributed by atoms with van der Waals surface area (Å²) in [5.74, 6) is -0.237. The molecule has 96 valence electrons. The van der Waals surface area contributed by atoms with Gasteiger partial charge in [0.1, 0.15) is 5.75 Å². The van der Waals surface area contributed by atoms with Crippen molar-refractivity contribution >= 4 is 27.1 Å². The Kier molecular flexibility index (Phi) is 3.22. The van der Waals surface area contributed by atoms with Crippen molar-refractivity contribution in [3.05, 3.63) is 29.0 Å². The summed E-state index contributed by atoms with van der Waals surface area (Å²) in [6, 6.07) is 4.22. The number of tetrazole rings is 1. The van der Waals surface area contributed by atoms with Gasteiger partial charge in [-0.2, -0.15) is 4.80 Å². The molecule has 9 heteroatoms. The molecule has 0 unspecified atom stereocenters. The third-order valence-electron chi connectivity index (χ3n) is 2.18. The first-order valence-electron chi connectivity index (χ1n) is 4.89. The number of nitrogens with two attached hydrogens (primary N) is 1. The van der Waals surface area contributed by atoms with E-state index in [1.165, 1.54) is 23.0 Å². The van der Waals surface area contributed by atoms with Crippen LogP contribution in [0.15, 0.2) is 23.1 Å². The van der Waals surface area contributed by atoms with E-state index in [-0.39, 0.29) is 22.2 Å². The summed E-state index contributed by atoms with van der Waals surface area (Å²) >= 11 is 5.72. The van der Waals surface area contributed by atoms with Crippen LogP contribution < -0.4 is 5.73 Å². The summed E-state index contributed by atoms with van der Waals surface area (Å²) in [5.41, 5.74) is 5.74. The second-order valence-electron chi connectivity index (χ2n) is 3.64. The molecule has 0 saturated carbocycles. The van der Waals surface area contributed by atoms with Gasteiger partial charge in [-0.25, -0.2) is 8.42 Å². The van der Waals surface area contributed by atoms with Gasteiger partial charge in [0.05, 0.1) is 17.6 Å². The van der Waals surface area contributed by atoms with Gasteiger partial charge in [-0.15, -0.1) is 10.2 Å². The summed E-state index contributed by atoms with van der Waals surface area (Å²) in [7, 11) is -2.05. The van der Waals surface area contributed by atoms with E-state index in [1.807, 2.05) is 0 Å². The molecule has 7 nitrogen and oxygen atoms in total. The zero-order valence-corrected chi connectivity index (χ0v) is 11.0. The van der Waals surface area contributed by atoms with Gasteiger partial charge in [-0.1, -0.05) is 11.6 Å². The highest BCUT2D eigenvalue weighted by Crippen LogP contribution is 2.24. The smallest absolute Gasteiger partial charge is 0.190 e. The average Bonchev–Trinajstić information content (AvgIpc) is 2.62. The maximum absolute atomic E-state index is 12.1. The highest BCUT2D eigenvalue weighted by molar-refractivity contribution is 7.90. The fourth-order valence-corrected chi connectivity index (χ4v) is 2.92. The Balaban J connectivity index is 2.36. The number of nitrogen functional groups attached to an aromatic ring is 1. The van der Waals surface area contributed by atoms with Crippen LogP contribution in [-0.2, 0) is 22.6 Å². The third kappa shape index (κ3) is 2.59. The van der Waals surface area contributed by atoms with Gasteiger partial charge in [-0.05, 0) is 23.4 Å². The molecule has 0 aliphatic carbocycles. The maximum Gasteiger partial charge on any atom is 0.190 e. The molecule has 2 N–H and O–H groups in total. The van der Waals surface area contributed by atoms with Crippen molar-refractivity contribution in [2.24, 2.45) is 7.05 Å². The Morgan fingerprint density at radius 1 is 1.44 bits per heavy atom. The number of rotatable bonds is 3. The molecule has 0 amide bonds. The predicted molar refractivity (Wildman–Crippen MR) is 65.6 cm³/mol. The summed E-state index contributed by atoms with van der Waals surface area (Å²) in [6.07, 6.45) is 0. The van der Waals surface area contributed by atoms with Crippen molar-refractivity contribution in [3.63, 3.8) is 0 Å². The Labute approximate surface area is 108 Å². The standard InChI is InChI=1S/C9H10ClN5O2S/c1-15-13-9(12-14-15)5-18(16,17)8-3-2-6(10)4-7(8)11/h2-4H,5,11H2,1H3. The molecule has 18 heavy (non-hydrogen) atoms. The molecule has 1 heterocycles. The Bertz CT molecular complexity index is 682. The fourth-order valence-electron chi connectivity index (χ4n) is 1.43. The van der Waals surface area contributed by atoms with Crippen LogP contribution in [0, 0.1) is 0 Å². The van der Waals surface area contributed by atoms with E-state index < -0.39 is 9.84 Å². The minimum absolute atomic E-state index is 0.0133. The van der Waals surface area contributed by atoms with Gasteiger partial charge in [0.2, 0.25) is 0 Å². The quantitative estimate of drug-likeness (QED) is 0.821. The van der Waals surface area contributed by atoms with E-state index >= 15 is 0 Å². The minimum Gasteiger partial charge on any atom is -0.398 e. The molecular formula is C9H10ClN5O2S. The normalized spacial score (nSPS) is 11.7. The first-order chi connectivity index (χ1) is 8.38. The predicted octanol–water partition coefficient (Wildman–Crippen LogP) is 0.420. The van der Waals surface area contributed by atoms with Crippen molar-refractivity contribution in [1.82, 2.24) is 20.2 Å². The lowest BCUT2D eigenvalue weighted by Crippen LogP contribution is -2.09. The van der Waals surface area contributed by atoms with Crippen molar-refractivity contribution in [3.8, 4) is 0 Å². The molecule has 0 atom stereocenters. The van der Waals surface area contributed by atoms with E-state index in [2.05, 4.69) is 15.4 Å². The molecular weight excluding hydrogens is 278 g/mol. The van der Waals surface area contributed by atoms with Crippen LogP contribution in [-0.4, -0.2) is 28.6 Å². The van der Waals surface area contributed by atoms with Crippen LogP contribution >= 0.6 is 11.6 Å². The molecule has 1 aromatic heterocycles. The van der Waals surface area contributed by atoms with Crippen molar-refractivity contribution in [2.75, 3.05) is 5.73 Å². The zero-order chi connectivity index (χ0) is 13.3. The Morgan fingerprint density at radius 2 is 2.17 bits per heavy atom. The number of halogens is 1. The van der Waals surface area contributed by atoms with Crippen LogP contribution in [0.25, 0.3) is 0 Å². The summed E-state index contributed by atoms with van der Waals surface area (Å²) in [6.45, 7) is 0. The second-order valence-corrected chi connectivity index (χ2v) is 6.03. The molecule has 2 aromatic rings. The Morgan fingerprint density at radius 3 is 2.72 bits per heavy atom. The molecule has 0 aliphatic rings. The summed E-state index contributed by atoms with van der Waals surface area (Å²) in [5, 5.41) is 11.4. The van der Waals surface area contributed by atoms with Gasteiger partial charge in [0.25, 0.3) is 0 Å². The number of aromatic nitrogens is 4. The zero-order valence-electron chi connectivity index (χ0n) is 9.41. The largest absolute Gasteiger partial charge is 0.398 e. The number of benzene rings is 1. The molecule has 0 radical (unpaired) electrons. The fraction of sp³-hybridized carbons (Fsp3) is 0.222. The number of aryl methyl sites for hydroxylation is 1. The summed E-state index contributed by atoms with van der Waals surface area (Å²) in [4.78, 5) is 1.20. The monoisotopic (exact) mass is 287 g/mol. The van der Waals surface area contributed by atoms with Gasteiger partial charge in [-0.3, -0.25) is 0 Å². The molecule has 0 spiro atoms. The number of hydrogen-bond donors (Lipinski definition) is 1. The van der Waals surface area contributed by atoms with Gasteiger partial charge in [0, 0.05) is 5.02 Å². The molecule has 2 rings (SSSR count). The average molecular weight is 288 g/mol. The minimum atomic E-state index is -3.61. The lowest BCUT2D eigenvalue weighted by molar-refractivity contribution is 0.593. The second kappa shape index (κ2) is 4.54. The molecule has 1 aromatic carbocycles. The third-order valence-corrected chi connectivity index (χ3v) is 4.09. The van der Waals surface area contributed by atoms with E-state index in [9.17, 15) is 8.42 Å². The van der Waals surface area contributed by atoms with Crippen LogP contribution in [0.2, 0.25) is 5.02 Å². The SMILES string of the molecule is Cn1nnc(CS(=O)(=O)c2ccc(Cl)cc2N)n1. The van der Waals surface area contributed by atoms with Crippen molar-refractivity contribution in [2.45, 2.75) is 10.6 Å². The number of anilines is 1. The van der Waals surface area contributed by atoms with E-state index in [0.717, 1.165) is 0 Å². The van der Waals surface area contributed by atoms with E-state index in [4.69, 9.17) is 17.3 Å². The molecule has 0 fully saturated rings. The van der Waals surface area contributed by atoms with Gasteiger partial charge >= 0.3 is 0 Å². The molecule has 0 aliphatic heterocycles. The highest BCUT2D eigenvalue weighted by Gasteiger charge is 2.21. The maximum atomic E-state index is 12.1. The lowest BCUT2D eigenvalue weighted by atomic mass is 10.3. The van der Waals surface area contributed by atoms with Crippen LogP contribution in [0.1, 0.15) is 5.82 Å². The van der Waals surface area contributed by atoms with Crippen LogP contribution in [0.3, 0.4) is 0 Å². The molecule has 0 bridgehead atoms. The highest BCUT2D eigenvalue weighted by atomic mass is 35.5. The van der Waals surface area contributed by atoms with Crippen molar-refractivity contribution < 1.29 is 8.42 Å². The van der Waals surface area contributed by atoms with E-state index in [0.29, 0.717) is 5.02 Å². The first-order valence-corrected chi connectivity index (χ1v) is 6.92. The van der Waals surface area contributed by atoms with Gasteiger partial charge in [0.15, 0.2) is 15.7 Å². The summed E-state index contributed by atoms with van der Waals surface area (Å²) < 4.78 is 24.2. The van der Waals surface area contributed by atoms with Gasteiger partial charge < -0.3 is 5.73 Å². The topological polar surface area (TPSA) is 104 Å². The number of nitrogens with zero attached hydrogens (tertiary/aromatic N) is 4. The Hall–Kier alpha value is -1.67. The van der Waals surface area contributed by atoms with Crippen LogP contribution in [0.4, 0.5) is 5.69 Å².